The summed E-state index contributed by atoms with van der Waals surface area (Å²) >= 11 is 11.9. The molecule has 0 atom stereocenters. The van der Waals surface area contributed by atoms with Gasteiger partial charge in [-0.15, -0.1) is 0 Å². The Bertz CT molecular complexity index is 833. The van der Waals surface area contributed by atoms with Crippen molar-refractivity contribution >= 4 is 40.7 Å². The Kier molecular flexibility index (Phi) is 5.79. The first-order chi connectivity index (χ1) is 12.4. The topological polar surface area (TPSA) is 62.3 Å². The van der Waals surface area contributed by atoms with E-state index < -0.39 is 0 Å². The van der Waals surface area contributed by atoms with Gasteiger partial charge < -0.3 is 10.2 Å². The molecule has 1 N–H and O–H groups in total. The number of rotatable bonds is 3. The zero-order valence-corrected chi connectivity index (χ0v) is 15.8. The van der Waals surface area contributed by atoms with E-state index in [4.69, 9.17) is 23.2 Å². The lowest BCUT2D eigenvalue weighted by Crippen LogP contribution is -2.38. The van der Waals surface area contributed by atoms with Gasteiger partial charge in [-0.3, -0.25) is 14.6 Å². The quantitative estimate of drug-likeness (QED) is 0.836. The predicted octanol–water partition coefficient (Wildman–Crippen LogP) is 4.51. The minimum absolute atomic E-state index is 0.0939. The normalized spacial score (nSPS) is 15.0. The first kappa shape index (κ1) is 18.7. The smallest absolute Gasteiger partial charge is 0.257 e. The van der Waals surface area contributed by atoms with E-state index >= 15 is 0 Å². The lowest BCUT2D eigenvalue weighted by molar-refractivity contribution is 0.0697. The third-order valence-electron chi connectivity index (χ3n) is 4.50. The fourth-order valence-corrected chi connectivity index (χ4v) is 3.32. The van der Waals surface area contributed by atoms with Gasteiger partial charge in [0.15, 0.2) is 0 Å². The Morgan fingerprint density at radius 1 is 1.12 bits per heavy atom. The average molecular weight is 392 g/mol. The van der Waals surface area contributed by atoms with Crippen LogP contribution in [0, 0.1) is 5.92 Å². The molecule has 0 saturated carbocycles. The number of carbonyl (C=O) groups is 2. The highest BCUT2D eigenvalue weighted by Gasteiger charge is 2.22. The number of hydrogen-bond donors (Lipinski definition) is 1. The lowest BCUT2D eigenvalue weighted by atomic mass is 9.98. The summed E-state index contributed by atoms with van der Waals surface area (Å²) in [5, 5.41) is 3.54. The number of anilines is 1. The van der Waals surface area contributed by atoms with E-state index in [9.17, 15) is 9.59 Å². The predicted molar refractivity (Wildman–Crippen MR) is 103 cm³/mol. The van der Waals surface area contributed by atoms with E-state index in [0.29, 0.717) is 32.8 Å². The molecule has 1 aromatic heterocycles. The van der Waals surface area contributed by atoms with E-state index in [0.717, 1.165) is 25.9 Å². The van der Waals surface area contributed by atoms with E-state index in [2.05, 4.69) is 17.2 Å². The Morgan fingerprint density at radius 3 is 2.50 bits per heavy atom. The number of nitrogens with one attached hydrogen (secondary N) is 1. The summed E-state index contributed by atoms with van der Waals surface area (Å²) in [6.45, 7) is 3.66. The number of likely N-dealkylation sites (tertiary alicyclic amines) is 1. The standard InChI is InChI=1S/C19H19Cl2N3O2/c1-12-4-6-24(7-5-12)19(26)14-8-13(10-22-11-14)18(25)23-17-3-2-15(20)9-16(17)21/h2-3,8-12H,4-7H2,1H3,(H,23,25). The van der Waals surface area contributed by atoms with Crippen LogP contribution in [0.4, 0.5) is 5.69 Å². The lowest BCUT2D eigenvalue weighted by Gasteiger charge is -2.30. The maximum absolute atomic E-state index is 12.6. The van der Waals surface area contributed by atoms with Gasteiger partial charge in [0.25, 0.3) is 11.8 Å². The molecule has 1 aliphatic heterocycles. The zero-order chi connectivity index (χ0) is 18.7. The molecule has 1 saturated heterocycles. The highest BCUT2D eigenvalue weighted by Crippen LogP contribution is 2.26. The number of halogens is 2. The van der Waals surface area contributed by atoms with Gasteiger partial charge in [-0.05, 0) is 43.0 Å². The molecule has 0 spiro atoms. The minimum atomic E-state index is -0.386. The summed E-state index contributed by atoms with van der Waals surface area (Å²) in [7, 11) is 0. The molecule has 7 heteroatoms. The van der Waals surface area contributed by atoms with Crippen LogP contribution < -0.4 is 5.32 Å². The molecule has 1 aromatic carbocycles. The molecule has 0 bridgehead atoms. The van der Waals surface area contributed by atoms with Crippen molar-refractivity contribution in [1.82, 2.24) is 9.88 Å². The third kappa shape index (κ3) is 4.34. The minimum Gasteiger partial charge on any atom is -0.339 e. The Hall–Kier alpha value is -2.11. The second-order valence-electron chi connectivity index (χ2n) is 6.52. The van der Waals surface area contributed by atoms with Gasteiger partial charge >= 0.3 is 0 Å². The van der Waals surface area contributed by atoms with Gasteiger partial charge in [0.2, 0.25) is 0 Å². The first-order valence-corrected chi connectivity index (χ1v) is 9.20. The number of benzene rings is 1. The first-order valence-electron chi connectivity index (χ1n) is 8.45. The molecular formula is C19H19Cl2N3O2. The number of carbonyl (C=O) groups excluding carboxylic acids is 2. The maximum Gasteiger partial charge on any atom is 0.257 e. The highest BCUT2D eigenvalue weighted by molar-refractivity contribution is 6.36. The molecule has 0 aliphatic carbocycles. The molecule has 0 unspecified atom stereocenters. The SMILES string of the molecule is CC1CCN(C(=O)c2cncc(C(=O)Nc3ccc(Cl)cc3Cl)c2)CC1. The number of aromatic nitrogens is 1. The number of pyridine rings is 1. The molecule has 136 valence electrons. The van der Waals surface area contributed by atoms with Crippen molar-refractivity contribution < 1.29 is 9.59 Å². The van der Waals surface area contributed by atoms with Gasteiger partial charge in [0, 0.05) is 30.5 Å². The molecule has 1 fully saturated rings. The summed E-state index contributed by atoms with van der Waals surface area (Å²) in [5.74, 6) is 0.158. The second-order valence-corrected chi connectivity index (χ2v) is 7.36. The van der Waals surface area contributed by atoms with E-state index in [-0.39, 0.29) is 11.8 Å². The van der Waals surface area contributed by atoms with E-state index in [1.165, 1.54) is 12.4 Å². The molecule has 2 amide bonds. The largest absolute Gasteiger partial charge is 0.339 e. The number of nitrogens with zero attached hydrogens (tertiary/aromatic N) is 2. The Morgan fingerprint density at radius 2 is 1.81 bits per heavy atom. The zero-order valence-electron chi connectivity index (χ0n) is 14.3. The van der Waals surface area contributed by atoms with Gasteiger partial charge in [-0.25, -0.2) is 0 Å². The molecule has 3 rings (SSSR count). The van der Waals surface area contributed by atoms with Crippen molar-refractivity contribution in [2.75, 3.05) is 18.4 Å². The van der Waals surface area contributed by atoms with Crippen molar-refractivity contribution in [2.45, 2.75) is 19.8 Å². The summed E-state index contributed by atoms with van der Waals surface area (Å²) in [6, 6.07) is 6.37. The van der Waals surface area contributed by atoms with Gasteiger partial charge in [0.05, 0.1) is 21.8 Å². The molecule has 0 radical (unpaired) electrons. The van der Waals surface area contributed by atoms with Crippen LogP contribution >= 0.6 is 23.2 Å². The molecule has 1 aliphatic rings. The van der Waals surface area contributed by atoms with Crippen molar-refractivity contribution in [1.29, 1.82) is 0 Å². The van der Waals surface area contributed by atoms with Crippen molar-refractivity contribution in [3.8, 4) is 0 Å². The molecule has 5 nitrogen and oxygen atoms in total. The number of piperidine rings is 1. The van der Waals surface area contributed by atoms with Crippen molar-refractivity contribution in [3.63, 3.8) is 0 Å². The summed E-state index contributed by atoms with van der Waals surface area (Å²) in [6.07, 6.45) is 4.91. The van der Waals surface area contributed by atoms with Crippen LogP contribution in [0.5, 0.6) is 0 Å². The third-order valence-corrected chi connectivity index (χ3v) is 5.05. The van der Waals surface area contributed by atoms with Crippen LogP contribution in [0.3, 0.4) is 0 Å². The van der Waals surface area contributed by atoms with Crippen LogP contribution in [0.25, 0.3) is 0 Å². The molecule has 2 aromatic rings. The van der Waals surface area contributed by atoms with Gasteiger partial charge in [-0.2, -0.15) is 0 Å². The summed E-state index contributed by atoms with van der Waals surface area (Å²) < 4.78 is 0. The van der Waals surface area contributed by atoms with Crippen molar-refractivity contribution in [3.05, 3.63) is 57.8 Å². The number of amides is 2. The van der Waals surface area contributed by atoms with Crippen LogP contribution in [-0.4, -0.2) is 34.8 Å². The van der Waals surface area contributed by atoms with Gasteiger partial charge in [-0.1, -0.05) is 30.1 Å². The Balaban J connectivity index is 1.74. The average Bonchev–Trinajstić information content (AvgIpc) is 2.64. The molecule has 26 heavy (non-hydrogen) atoms. The van der Waals surface area contributed by atoms with E-state index in [1.807, 2.05) is 4.90 Å². The second kappa shape index (κ2) is 8.06. The monoisotopic (exact) mass is 391 g/mol. The van der Waals surface area contributed by atoms with Crippen LogP contribution in [0.2, 0.25) is 10.0 Å². The maximum atomic E-state index is 12.6. The fraction of sp³-hybridized carbons (Fsp3) is 0.316. The fourth-order valence-electron chi connectivity index (χ4n) is 2.86. The number of hydrogen-bond acceptors (Lipinski definition) is 3. The van der Waals surface area contributed by atoms with E-state index in [1.54, 1.807) is 24.3 Å². The van der Waals surface area contributed by atoms with Crippen LogP contribution in [0.15, 0.2) is 36.7 Å². The summed E-state index contributed by atoms with van der Waals surface area (Å²) in [4.78, 5) is 31.0. The highest BCUT2D eigenvalue weighted by atomic mass is 35.5. The summed E-state index contributed by atoms with van der Waals surface area (Å²) in [5.41, 5.74) is 1.16. The Labute approximate surface area is 162 Å². The molecular weight excluding hydrogens is 373 g/mol. The van der Waals surface area contributed by atoms with Gasteiger partial charge in [0.1, 0.15) is 0 Å². The van der Waals surface area contributed by atoms with Crippen LogP contribution in [0.1, 0.15) is 40.5 Å². The molecule has 2 heterocycles. The van der Waals surface area contributed by atoms with Crippen LogP contribution in [-0.2, 0) is 0 Å². The van der Waals surface area contributed by atoms with Crippen molar-refractivity contribution in [2.24, 2.45) is 5.92 Å².